The van der Waals surface area contributed by atoms with E-state index >= 15 is 0 Å². The maximum absolute atomic E-state index is 9.87. The van der Waals surface area contributed by atoms with Crippen LogP contribution in [0.25, 0.3) is 0 Å². The fourth-order valence-electron chi connectivity index (χ4n) is 2.25. The Morgan fingerprint density at radius 1 is 1.56 bits per heavy atom. The number of aliphatic hydroxyl groups is 1. The maximum atomic E-state index is 9.87. The van der Waals surface area contributed by atoms with Crippen LogP contribution in [0.5, 0.6) is 0 Å². The lowest BCUT2D eigenvalue weighted by atomic mass is 9.99. The Labute approximate surface area is 101 Å². The number of hydrogen-bond donors (Lipinski definition) is 2. The highest BCUT2D eigenvalue weighted by Gasteiger charge is 2.14. The van der Waals surface area contributed by atoms with Crippen molar-refractivity contribution < 1.29 is 5.11 Å². The van der Waals surface area contributed by atoms with Crippen molar-refractivity contribution in [2.45, 2.75) is 50.7 Å². The first-order valence-electron chi connectivity index (χ1n) is 6.17. The summed E-state index contributed by atoms with van der Waals surface area (Å²) in [5.41, 5.74) is 0. The van der Waals surface area contributed by atoms with Crippen molar-refractivity contribution in [1.29, 1.82) is 0 Å². The summed E-state index contributed by atoms with van der Waals surface area (Å²) in [6.45, 7) is 1.17. The number of hydrogen-bond acceptors (Lipinski definition) is 4. The summed E-state index contributed by atoms with van der Waals surface area (Å²) >= 11 is 1.54. The Kier molecular flexibility index (Phi) is 4.75. The molecule has 1 aromatic rings. The molecular weight excluding hydrogens is 220 g/mol. The van der Waals surface area contributed by atoms with E-state index in [1.807, 2.05) is 5.38 Å². The molecule has 2 rings (SSSR count). The van der Waals surface area contributed by atoms with Gasteiger partial charge in [-0.2, -0.15) is 0 Å². The lowest BCUT2D eigenvalue weighted by Crippen LogP contribution is -2.33. The molecule has 0 amide bonds. The minimum absolute atomic E-state index is 0.358. The summed E-state index contributed by atoms with van der Waals surface area (Å²) < 4.78 is 0. The van der Waals surface area contributed by atoms with Crippen molar-refractivity contribution in [1.82, 2.24) is 10.3 Å². The Bertz CT molecular complexity index is 283. The molecule has 0 spiro atoms. The van der Waals surface area contributed by atoms with Gasteiger partial charge in [-0.25, -0.2) is 4.98 Å². The largest absolute Gasteiger partial charge is 0.386 e. The molecule has 1 aromatic heterocycles. The summed E-state index contributed by atoms with van der Waals surface area (Å²) in [5.74, 6) is 0. The van der Waals surface area contributed by atoms with Gasteiger partial charge in [0.1, 0.15) is 11.1 Å². The molecule has 1 fully saturated rings. The van der Waals surface area contributed by atoms with Crippen LogP contribution in [-0.2, 0) is 0 Å². The second-order valence-electron chi connectivity index (χ2n) is 4.46. The van der Waals surface area contributed by atoms with Crippen LogP contribution in [0.1, 0.15) is 49.6 Å². The molecule has 0 aromatic carbocycles. The number of thiazole rings is 1. The van der Waals surface area contributed by atoms with Crippen molar-refractivity contribution in [3.63, 3.8) is 0 Å². The lowest BCUT2D eigenvalue weighted by Gasteiger charge is -2.23. The van der Waals surface area contributed by atoms with E-state index < -0.39 is 0 Å². The molecule has 0 radical (unpaired) electrons. The molecule has 4 heteroatoms. The van der Waals surface area contributed by atoms with E-state index in [-0.39, 0.29) is 6.10 Å². The normalized spacial score (nSPS) is 23.2. The van der Waals surface area contributed by atoms with Crippen LogP contribution in [0.3, 0.4) is 0 Å². The van der Waals surface area contributed by atoms with Crippen molar-refractivity contribution >= 4 is 11.3 Å². The van der Waals surface area contributed by atoms with Gasteiger partial charge in [-0.15, -0.1) is 11.3 Å². The van der Waals surface area contributed by atoms with E-state index in [1.54, 1.807) is 17.5 Å². The van der Waals surface area contributed by atoms with Crippen LogP contribution in [0.2, 0.25) is 0 Å². The second kappa shape index (κ2) is 6.33. The van der Waals surface area contributed by atoms with Gasteiger partial charge in [-0.1, -0.05) is 6.42 Å². The SMILES string of the molecule is OC(CCCC1CCCCN1)c1nccs1. The molecular formula is C12H20N2OS. The summed E-state index contributed by atoms with van der Waals surface area (Å²) in [4.78, 5) is 4.13. The van der Waals surface area contributed by atoms with Gasteiger partial charge in [-0.05, 0) is 38.6 Å². The molecule has 0 aliphatic carbocycles. The summed E-state index contributed by atoms with van der Waals surface area (Å²) in [6, 6.07) is 0.678. The summed E-state index contributed by atoms with van der Waals surface area (Å²) in [7, 11) is 0. The molecule has 1 saturated heterocycles. The fraction of sp³-hybridized carbons (Fsp3) is 0.750. The minimum atomic E-state index is -0.358. The molecule has 1 aliphatic rings. The van der Waals surface area contributed by atoms with E-state index in [1.165, 1.54) is 32.2 Å². The van der Waals surface area contributed by atoms with Gasteiger partial charge in [0, 0.05) is 17.6 Å². The molecule has 16 heavy (non-hydrogen) atoms. The first-order chi connectivity index (χ1) is 7.86. The maximum Gasteiger partial charge on any atom is 0.121 e. The smallest absolute Gasteiger partial charge is 0.121 e. The highest BCUT2D eigenvalue weighted by molar-refractivity contribution is 7.09. The van der Waals surface area contributed by atoms with Gasteiger partial charge in [-0.3, -0.25) is 0 Å². The average molecular weight is 240 g/mol. The molecule has 2 heterocycles. The van der Waals surface area contributed by atoms with Crippen LogP contribution in [-0.4, -0.2) is 22.7 Å². The van der Waals surface area contributed by atoms with Gasteiger partial charge in [0.2, 0.25) is 0 Å². The van der Waals surface area contributed by atoms with Crippen molar-refractivity contribution in [2.24, 2.45) is 0 Å². The van der Waals surface area contributed by atoms with E-state index in [4.69, 9.17) is 0 Å². The lowest BCUT2D eigenvalue weighted by molar-refractivity contribution is 0.161. The molecule has 2 atom stereocenters. The van der Waals surface area contributed by atoms with E-state index in [0.29, 0.717) is 6.04 Å². The standard InChI is InChI=1S/C12H20N2OS/c15-11(12-14-8-9-16-12)6-3-5-10-4-1-2-7-13-10/h8-11,13,15H,1-7H2. The highest BCUT2D eigenvalue weighted by Crippen LogP contribution is 2.22. The Morgan fingerprint density at radius 2 is 2.50 bits per heavy atom. The summed E-state index contributed by atoms with van der Waals surface area (Å²) in [6.07, 6.45) is 8.47. The van der Waals surface area contributed by atoms with Crippen LogP contribution in [0.15, 0.2) is 11.6 Å². The number of rotatable bonds is 5. The van der Waals surface area contributed by atoms with E-state index in [0.717, 1.165) is 17.8 Å². The topological polar surface area (TPSA) is 45.1 Å². The van der Waals surface area contributed by atoms with Crippen molar-refractivity contribution in [3.05, 3.63) is 16.6 Å². The number of aliphatic hydroxyl groups excluding tert-OH is 1. The van der Waals surface area contributed by atoms with Gasteiger partial charge in [0.25, 0.3) is 0 Å². The molecule has 2 N–H and O–H groups in total. The zero-order chi connectivity index (χ0) is 11.2. The predicted octanol–water partition coefficient (Wildman–Crippen LogP) is 2.49. The van der Waals surface area contributed by atoms with Crippen molar-refractivity contribution in [3.8, 4) is 0 Å². The predicted molar refractivity (Wildman–Crippen MR) is 66.6 cm³/mol. The van der Waals surface area contributed by atoms with Gasteiger partial charge in [0.15, 0.2) is 0 Å². The quantitative estimate of drug-likeness (QED) is 0.831. The second-order valence-corrected chi connectivity index (χ2v) is 5.39. The van der Waals surface area contributed by atoms with Crippen LogP contribution in [0.4, 0.5) is 0 Å². The molecule has 3 nitrogen and oxygen atoms in total. The van der Waals surface area contributed by atoms with Crippen LogP contribution < -0.4 is 5.32 Å². The third-order valence-corrected chi connectivity index (χ3v) is 4.06. The number of nitrogens with zero attached hydrogens (tertiary/aromatic N) is 1. The number of piperidine rings is 1. The number of nitrogens with one attached hydrogen (secondary N) is 1. The molecule has 90 valence electrons. The highest BCUT2D eigenvalue weighted by atomic mass is 32.1. The van der Waals surface area contributed by atoms with E-state index in [2.05, 4.69) is 10.3 Å². The van der Waals surface area contributed by atoms with Crippen molar-refractivity contribution in [2.75, 3.05) is 6.54 Å². The Hall–Kier alpha value is -0.450. The van der Waals surface area contributed by atoms with Crippen LogP contribution >= 0.6 is 11.3 Å². The average Bonchev–Trinajstić information content (AvgIpc) is 2.84. The van der Waals surface area contributed by atoms with Crippen LogP contribution in [0, 0.1) is 0 Å². The molecule has 0 bridgehead atoms. The van der Waals surface area contributed by atoms with E-state index in [9.17, 15) is 5.11 Å². The Morgan fingerprint density at radius 3 is 3.19 bits per heavy atom. The molecule has 1 aliphatic heterocycles. The first-order valence-corrected chi connectivity index (χ1v) is 7.05. The zero-order valence-corrected chi connectivity index (χ0v) is 10.4. The third-order valence-electron chi connectivity index (χ3n) is 3.18. The third kappa shape index (κ3) is 3.54. The fourth-order valence-corrected chi connectivity index (χ4v) is 2.91. The number of aromatic nitrogens is 1. The summed E-state index contributed by atoms with van der Waals surface area (Å²) in [5, 5.41) is 16.2. The monoisotopic (exact) mass is 240 g/mol. The van der Waals surface area contributed by atoms with Gasteiger partial charge in [0.05, 0.1) is 0 Å². The van der Waals surface area contributed by atoms with Gasteiger partial charge >= 0.3 is 0 Å². The van der Waals surface area contributed by atoms with Gasteiger partial charge < -0.3 is 10.4 Å². The Balaban J connectivity index is 1.63. The molecule has 2 unspecified atom stereocenters. The minimum Gasteiger partial charge on any atom is -0.386 e. The zero-order valence-electron chi connectivity index (χ0n) is 9.56. The molecule has 0 saturated carbocycles. The first kappa shape index (κ1) is 12.0.